The van der Waals surface area contributed by atoms with E-state index in [2.05, 4.69) is 0 Å². The summed E-state index contributed by atoms with van der Waals surface area (Å²) in [5.41, 5.74) is 0.430. The molecule has 0 spiro atoms. The van der Waals surface area contributed by atoms with Crippen LogP contribution in [0.5, 0.6) is 0 Å². The second kappa shape index (κ2) is 6.67. The normalized spacial score (nSPS) is 20.2. The molecule has 1 fully saturated rings. The molecular formula is C14H21NO4S. The summed E-state index contributed by atoms with van der Waals surface area (Å²) >= 11 is 0. The average molecular weight is 299 g/mol. The predicted molar refractivity (Wildman–Crippen MR) is 75.7 cm³/mol. The molecule has 1 N–H and O–H groups in total. The number of hydrogen-bond donors (Lipinski definition) is 1. The van der Waals surface area contributed by atoms with Crippen molar-refractivity contribution in [2.75, 3.05) is 26.8 Å². The van der Waals surface area contributed by atoms with E-state index in [9.17, 15) is 13.5 Å². The number of aliphatic hydroxyl groups is 1. The Hall–Kier alpha value is -0.950. The van der Waals surface area contributed by atoms with E-state index in [1.165, 1.54) is 10.4 Å². The third kappa shape index (κ3) is 3.38. The molecule has 1 unspecified atom stereocenters. The Bertz CT molecular complexity index is 538. The van der Waals surface area contributed by atoms with Crippen molar-refractivity contribution in [2.24, 2.45) is 5.92 Å². The Kier molecular flexibility index (Phi) is 5.15. The van der Waals surface area contributed by atoms with E-state index in [-0.39, 0.29) is 17.4 Å². The lowest BCUT2D eigenvalue weighted by Crippen LogP contribution is -2.35. The molecule has 1 saturated heterocycles. The highest BCUT2D eigenvalue weighted by atomic mass is 32.2. The molecule has 5 nitrogen and oxygen atoms in total. The maximum Gasteiger partial charge on any atom is 0.243 e. The molecule has 0 saturated carbocycles. The van der Waals surface area contributed by atoms with Crippen molar-refractivity contribution in [2.45, 2.75) is 24.3 Å². The van der Waals surface area contributed by atoms with Crippen molar-refractivity contribution >= 4 is 10.0 Å². The second-order valence-electron chi connectivity index (χ2n) is 5.13. The topological polar surface area (TPSA) is 66.8 Å². The minimum absolute atomic E-state index is 0.182. The SMILES string of the molecule is CN(CC1CCCOC1)S(=O)(=O)c1ccccc1CO. The van der Waals surface area contributed by atoms with Gasteiger partial charge in [0, 0.05) is 20.2 Å². The molecule has 0 radical (unpaired) electrons. The van der Waals surface area contributed by atoms with Gasteiger partial charge in [-0.1, -0.05) is 18.2 Å². The van der Waals surface area contributed by atoms with Crippen LogP contribution in [0.25, 0.3) is 0 Å². The lowest BCUT2D eigenvalue weighted by atomic mass is 10.0. The number of aliphatic hydroxyl groups excluding tert-OH is 1. The summed E-state index contributed by atoms with van der Waals surface area (Å²) in [6.07, 6.45) is 1.97. The largest absolute Gasteiger partial charge is 0.392 e. The molecule has 6 heteroatoms. The highest BCUT2D eigenvalue weighted by molar-refractivity contribution is 7.89. The van der Waals surface area contributed by atoms with Crippen LogP contribution in [0.1, 0.15) is 18.4 Å². The van der Waals surface area contributed by atoms with Gasteiger partial charge in [-0.3, -0.25) is 0 Å². The van der Waals surface area contributed by atoms with E-state index in [1.807, 2.05) is 0 Å². The first kappa shape index (κ1) is 15.4. The fourth-order valence-corrected chi connectivity index (χ4v) is 3.92. The predicted octanol–water partition coefficient (Wildman–Crippen LogP) is 1.23. The Morgan fingerprint density at radius 3 is 2.80 bits per heavy atom. The third-order valence-electron chi connectivity index (χ3n) is 3.60. The molecule has 1 aliphatic rings. The van der Waals surface area contributed by atoms with Gasteiger partial charge in [0.1, 0.15) is 0 Å². The standard InChI is InChI=1S/C14H21NO4S/c1-15(9-12-5-4-8-19-11-12)20(17,18)14-7-3-2-6-13(14)10-16/h2-3,6-7,12,16H,4-5,8-11H2,1H3. The quantitative estimate of drug-likeness (QED) is 0.888. The smallest absolute Gasteiger partial charge is 0.243 e. The second-order valence-corrected chi connectivity index (χ2v) is 7.15. The molecule has 1 aromatic carbocycles. The first-order valence-corrected chi connectivity index (χ1v) is 8.22. The Morgan fingerprint density at radius 2 is 2.15 bits per heavy atom. The zero-order valence-electron chi connectivity index (χ0n) is 11.7. The summed E-state index contributed by atoms with van der Waals surface area (Å²) in [4.78, 5) is 0.182. The van der Waals surface area contributed by atoms with E-state index in [0.29, 0.717) is 18.7 Å². The van der Waals surface area contributed by atoms with Crippen LogP contribution < -0.4 is 0 Å². The van der Waals surface area contributed by atoms with Crippen molar-refractivity contribution in [1.82, 2.24) is 4.31 Å². The summed E-state index contributed by atoms with van der Waals surface area (Å²) in [5, 5.41) is 9.28. The van der Waals surface area contributed by atoms with Gasteiger partial charge in [0.15, 0.2) is 0 Å². The molecule has 1 aliphatic heterocycles. The van der Waals surface area contributed by atoms with Gasteiger partial charge in [0.2, 0.25) is 10.0 Å². The van der Waals surface area contributed by atoms with Crippen LogP contribution in [-0.4, -0.2) is 44.6 Å². The maximum absolute atomic E-state index is 12.6. The van der Waals surface area contributed by atoms with Gasteiger partial charge >= 0.3 is 0 Å². The molecule has 1 heterocycles. The Labute approximate surface area is 120 Å². The number of rotatable bonds is 5. The monoisotopic (exact) mass is 299 g/mol. The minimum Gasteiger partial charge on any atom is -0.392 e. The van der Waals surface area contributed by atoms with Crippen LogP contribution in [0.15, 0.2) is 29.2 Å². The van der Waals surface area contributed by atoms with Crippen LogP contribution in [-0.2, 0) is 21.4 Å². The highest BCUT2D eigenvalue weighted by Crippen LogP contribution is 2.22. The van der Waals surface area contributed by atoms with Crippen LogP contribution >= 0.6 is 0 Å². The maximum atomic E-state index is 12.6. The van der Waals surface area contributed by atoms with E-state index in [1.54, 1.807) is 25.2 Å². The molecule has 0 aliphatic carbocycles. The van der Waals surface area contributed by atoms with Gasteiger partial charge in [-0.25, -0.2) is 12.7 Å². The first-order valence-electron chi connectivity index (χ1n) is 6.78. The van der Waals surface area contributed by atoms with Gasteiger partial charge in [0.25, 0.3) is 0 Å². The van der Waals surface area contributed by atoms with Gasteiger partial charge in [-0.05, 0) is 30.4 Å². The summed E-state index contributed by atoms with van der Waals surface area (Å²) in [6.45, 7) is 1.54. The summed E-state index contributed by atoms with van der Waals surface area (Å²) in [7, 11) is -1.98. The summed E-state index contributed by atoms with van der Waals surface area (Å²) in [6, 6.07) is 6.56. The van der Waals surface area contributed by atoms with Crippen molar-refractivity contribution in [1.29, 1.82) is 0 Å². The van der Waals surface area contributed by atoms with Crippen LogP contribution in [0.3, 0.4) is 0 Å². The van der Waals surface area contributed by atoms with Crippen LogP contribution in [0, 0.1) is 5.92 Å². The van der Waals surface area contributed by atoms with E-state index < -0.39 is 10.0 Å². The fraction of sp³-hybridized carbons (Fsp3) is 0.571. The molecule has 2 rings (SSSR count). The van der Waals surface area contributed by atoms with Gasteiger partial charge in [0.05, 0.1) is 18.1 Å². The highest BCUT2D eigenvalue weighted by Gasteiger charge is 2.26. The lowest BCUT2D eigenvalue weighted by molar-refractivity contribution is 0.0495. The molecule has 20 heavy (non-hydrogen) atoms. The Morgan fingerprint density at radius 1 is 1.40 bits per heavy atom. The van der Waals surface area contributed by atoms with Crippen molar-refractivity contribution in [3.05, 3.63) is 29.8 Å². The molecule has 1 atom stereocenters. The number of benzene rings is 1. The molecule has 112 valence electrons. The third-order valence-corrected chi connectivity index (χ3v) is 5.52. The average Bonchev–Trinajstić information content (AvgIpc) is 2.48. The molecule has 0 bridgehead atoms. The number of nitrogens with zero attached hydrogens (tertiary/aromatic N) is 1. The van der Waals surface area contributed by atoms with Crippen LogP contribution in [0.4, 0.5) is 0 Å². The number of hydrogen-bond acceptors (Lipinski definition) is 4. The summed E-state index contributed by atoms with van der Waals surface area (Å²) in [5.74, 6) is 0.241. The first-order chi connectivity index (χ1) is 9.55. The summed E-state index contributed by atoms with van der Waals surface area (Å²) < 4.78 is 31.9. The van der Waals surface area contributed by atoms with E-state index in [0.717, 1.165) is 19.4 Å². The molecule has 1 aromatic rings. The van der Waals surface area contributed by atoms with Crippen molar-refractivity contribution < 1.29 is 18.3 Å². The van der Waals surface area contributed by atoms with Crippen molar-refractivity contribution in [3.63, 3.8) is 0 Å². The minimum atomic E-state index is -3.56. The lowest BCUT2D eigenvalue weighted by Gasteiger charge is -2.27. The number of ether oxygens (including phenoxy) is 1. The van der Waals surface area contributed by atoms with E-state index in [4.69, 9.17) is 4.74 Å². The van der Waals surface area contributed by atoms with E-state index >= 15 is 0 Å². The molecule has 0 amide bonds. The molecular weight excluding hydrogens is 278 g/mol. The van der Waals surface area contributed by atoms with Gasteiger partial charge in [-0.15, -0.1) is 0 Å². The zero-order valence-corrected chi connectivity index (χ0v) is 12.5. The number of sulfonamides is 1. The fourth-order valence-electron chi connectivity index (χ4n) is 2.47. The van der Waals surface area contributed by atoms with Crippen molar-refractivity contribution in [3.8, 4) is 0 Å². The Balaban J connectivity index is 2.16. The van der Waals surface area contributed by atoms with Gasteiger partial charge < -0.3 is 9.84 Å². The van der Waals surface area contributed by atoms with Gasteiger partial charge in [-0.2, -0.15) is 0 Å². The van der Waals surface area contributed by atoms with Crippen LogP contribution in [0.2, 0.25) is 0 Å². The molecule has 0 aromatic heterocycles. The zero-order chi connectivity index (χ0) is 14.6.